The standard InChI is InChI=1S/C19H22F3N5O3S/c1-12-3-5-14(6-4-12)10-31(30)11-16(28)23-13(2)17(29)26-7-8-27-15(9-26)24-25-18(27)19(20,21)22/h3-6,13H,7-11H2,1-2H3,(H,23,28). The zero-order valence-corrected chi connectivity index (χ0v) is 17.8. The zero-order valence-electron chi connectivity index (χ0n) is 17.0. The van der Waals surface area contributed by atoms with Crippen molar-refractivity contribution in [1.29, 1.82) is 0 Å². The molecule has 1 aliphatic heterocycles. The summed E-state index contributed by atoms with van der Waals surface area (Å²) in [6.45, 7) is 3.22. The van der Waals surface area contributed by atoms with Gasteiger partial charge in [-0.1, -0.05) is 29.8 Å². The first kappa shape index (κ1) is 22.9. The smallest absolute Gasteiger partial charge is 0.344 e. The van der Waals surface area contributed by atoms with Gasteiger partial charge >= 0.3 is 6.18 Å². The average Bonchev–Trinajstić information content (AvgIpc) is 3.12. The van der Waals surface area contributed by atoms with Crippen LogP contribution in [-0.2, 0) is 45.4 Å². The van der Waals surface area contributed by atoms with Gasteiger partial charge < -0.3 is 14.8 Å². The van der Waals surface area contributed by atoms with E-state index in [2.05, 4.69) is 15.5 Å². The fourth-order valence-electron chi connectivity index (χ4n) is 3.24. The van der Waals surface area contributed by atoms with Gasteiger partial charge in [-0.3, -0.25) is 13.8 Å². The Hall–Kier alpha value is -2.76. The molecule has 2 aromatic rings. The van der Waals surface area contributed by atoms with E-state index < -0.39 is 40.7 Å². The Morgan fingerprint density at radius 3 is 2.52 bits per heavy atom. The van der Waals surface area contributed by atoms with Crippen LogP contribution in [0.1, 0.15) is 29.7 Å². The number of alkyl halides is 3. The first-order valence-corrected chi connectivity index (χ1v) is 11.0. The predicted molar refractivity (Wildman–Crippen MR) is 106 cm³/mol. The Morgan fingerprint density at radius 2 is 1.87 bits per heavy atom. The third kappa shape index (κ3) is 5.69. The number of halogens is 3. The largest absolute Gasteiger partial charge is 0.451 e. The number of hydrogen-bond donors (Lipinski definition) is 1. The number of benzene rings is 1. The van der Waals surface area contributed by atoms with Crippen LogP contribution >= 0.6 is 0 Å². The van der Waals surface area contributed by atoms with Gasteiger partial charge in [0.15, 0.2) is 5.82 Å². The van der Waals surface area contributed by atoms with Crippen molar-refractivity contribution in [3.05, 3.63) is 47.0 Å². The summed E-state index contributed by atoms with van der Waals surface area (Å²) in [6, 6.07) is 6.56. The van der Waals surface area contributed by atoms with Crippen molar-refractivity contribution >= 4 is 22.6 Å². The highest BCUT2D eigenvalue weighted by Gasteiger charge is 2.40. The second-order valence-electron chi connectivity index (χ2n) is 7.35. The maximum absolute atomic E-state index is 12.9. The third-order valence-corrected chi connectivity index (χ3v) is 6.05. The summed E-state index contributed by atoms with van der Waals surface area (Å²) in [5, 5.41) is 9.22. The van der Waals surface area contributed by atoms with Crippen molar-refractivity contribution in [3.8, 4) is 0 Å². The van der Waals surface area contributed by atoms with Gasteiger partial charge in [0.05, 0.1) is 6.54 Å². The molecule has 0 saturated carbocycles. The Labute approximate surface area is 179 Å². The predicted octanol–water partition coefficient (Wildman–Crippen LogP) is 1.40. The molecule has 12 heteroatoms. The van der Waals surface area contributed by atoms with Gasteiger partial charge in [0.25, 0.3) is 0 Å². The molecule has 168 valence electrons. The lowest BCUT2D eigenvalue weighted by Crippen LogP contribution is -2.50. The van der Waals surface area contributed by atoms with E-state index >= 15 is 0 Å². The molecule has 1 aromatic carbocycles. The maximum atomic E-state index is 12.9. The lowest BCUT2D eigenvalue weighted by molar-refractivity contribution is -0.148. The van der Waals surface area contributed by atoms with Gasteiger partial charge in [0.1, 0.15) is 11.8 Å². The molecule has 0 spiro atoms. The van der Waals surface area contributed by atoms with E-state index in [1.54, 1.807) is 0 Å². The molecule has 0 fully saturated rings. The van der Waals surface area contributed by atoms with Gasteiger partial charge in [-0.25, -0.2) is 0 Å². The SMILES string of the molecule is Cc1ccc(CS(=O)CC(=O)NC(C)C(=O)N2CCn3c(nnc3C(F)(F)F)C2)cc1. The number of rotatable bonds is 6. The van der Waals surface area contributed by atoms with E-state index in [9.17, 15) is 27.0 Å². The van der Waals surface area contributed by atoms with Crippen LogP contribution in [0.5, 0.6) is 0 Å². The minimum absolute atomic E-state index is 0.0321. The highest BCUT2D eigenvalue weighted by molar-refractivity contribution is 7.84. The van der Waals surface area contributed by atoms with Gasteiger partial charge in [-0.15, -0.1) is 10.2 Å². The molecule has 8 nitrogen and oxygen atoms in total. The molecule has 0 aliphatic carbocycles. The molecule has 0 saturated heterocycles. The summed E-state index contributed by atoms with van der Waals surface area (Å²) < 4.78 is 51.9. The van der Waals surface area contributed by atoms with Crippen LogP contribution in [0.15, 0.2) is 24.3 Å². The van der Waals surface area contributed by atoms with Crippen molar-refractivity contribution in [1.82, 2.24) is 25.0 Å². The monoisotopic (exact) mass is 457 g/mol. The second-order valence-corrected chi connectivity index (χ2v) is 8.81. The average molecular weight is 457 g/mol. The molecule has 2 heterocycles. The lowest BCUT2D eigenvalue weighted by Gasteiger charge is -2.30. The molecule has 2 atom stereocenters. The van der Waals surface area contributed by atoms with E-state index in [0.717, 1.165) is 15.7 Å². The van der Waals surface area contributed by atoms with E-state index in [1.165, 1.54) is 11.8 Å². The van der Waals surface area contributed by atoms with Gasteiger partial charge in [0, 0.05) is 29.6 Å². The minimum atomic E-state index is -4.62. The number of nitrogens with zero attached hydrogens (tertiary/aromatic N) is 4. The highest BCUT2D eigenvalue weighted by atomic mass is 32.2. The van der Waals surface area contributed by atoms with Crippen molar-refractivity contribution in [2.24, 2.45) is 0 Å². The Bertz CT molecular complexity index is 991. The number of hydrogen-bond acceptors (Lipinski definition) is 5. The zero-order chi connectivity index (χ0) is 22.8. The summed E-state index contributed by atoms with van der Waals surface area (Å²) in [7, 11) is -1.44. The number of aryl methyl sites for hydroxylation is 1. The van der Waals surface area contributed by atoms with Crippen molar-refractivity contribution in [3.63, 3.8) is 0 Å². The first-order valence-electron chi connectivity index (χ1n) is 9.52. The molecule has 2 amide bonds. The fourth-order valence-corrected chi connectivity index (χ4v) is 4.28. The summed E-state index contributed by atoms with van der Waals surface area (Å²) in [4.78, 5) is 26.1. The molecule has 3 rings (SSSR count). The van der Waals surface area contributed by atoms with Crippen molar-refractivity contribution < 1.29 is 27.0 Å². The summed E-state index contributed by atoms with van der Waals surface area (Å²) in [6.07, 6.45) is -4.62. The lowest BCUT2D eigenvalue weighted by atomic mass is 10.2. The summed E-state index contributed by atoms with van der Waals surface area (Å²) >= 11 is 0. The molecule has 1 aliphatic rings. The van der Waals surface area contributed by atoms with E-state index in [4.69, 9.17) is 0 Å². The van der Waals surface area contributed by atoms with Crippen LogP contribution in [0.2, 0.25) is 0 Å². The van der Waals surface area contributed by atoms with Gasteiger partial charge in [-0.05, 0) is 19.4 Å². The topological polar surface area (TPSA) is 97.2 Å². The van der Waals surface area contributed by atoms with Crippen LogP contribution in [0, 0.1) is 6.92 Å². The summed E-state index contributed by atoms with van der Waals surface area (Å²) in [5.41, 5.74) is 1.92. The molecule has 2 unspecified atom stereocenters. The number of amides is 2. The number of nitrogens with one attached hydrogen (secondary N) is 1. The van der Waals surface area contributed by atoms with Crippen LogP contribution < -0.4 is 5.32 Å². The molecule has 1 aromatic heterocycles. The quantitative estimate of drug-likeness (QED) is 0.707. The van der Waals surface area contributed by atoms with Crippen molar-refractivity contribution in [2.45, 2.75) is 44.9 Å². The normalized spacial score (nSPS) is 15.8. The molecule has 31 heavy (non-hydrogen) atoms. The second kappa shape index (κ2) is 9.16. The van der Waals surface area contributed by atoms with Gasteiger partial charge in [-0.2, -0.15) is 13.2 Å². The van der Waals surface area contributed by atoms with Crippen LogP contribution in [0.3, 0.4) is 0 Å². The minimum Gasteiger partial charge on any atom is -0.344 e. The molecule has 0 bridgehead atoms. The highest BCUT2D eigenvalue weighted by Crippen LogP contribution is 2.29. The number of aromatic nitrogens is 3. The van der Waals surface area contributed by atoms with E-state index in [0.29, 0.717) is 0 Å². The van der Waals surface area contributed by atoms with Crippen LogP contribution in [-0.4, -0.2) is 54.0 Å². The van der Waals surface area contributed by atoms with Crippen LogP contribution in [0.4, 0.5) is 13.2 Å². The number of carbonyl (C=O) groups excluding carboxylic acids is 2. The molecule has 1 N–H and O–H groups in total. The van der Waals surface area contributed by atoms with E-state index in [1.807, 2.05) is 31.2 Å². The van der Waals surface area contributed by atoms with E-state index in [-0.39, 0.29) is 37.0 Å². The number of carbonyl (C=O) groups is 2. The third-order valence-electron chi connectivity index (χ3n) is 4.81. The Balaban J connectivity index is 1.52. The van der Waals surface area contributed by atoms with Gasteiger partial charge in [0.2, 0.25) is 17.6 Å². The van der Waals surface area contributed by atoms with Crippen molar-refractivity contribution in [2.75, 3.05) is 12.3 Å². The maximum Gasteiger partial charge on any atom is 0.451 e. The number of fused-ring (bicyclic) bond motifs is 1. The van der Waals surface area contributed by atoms with Crippen LogP contribution in [0.25, 0.3) is 0 Å². The molecule has 0 radical (unpaired) electrons. The summed E-state index contributed by atoms with van der Waals surface area (Å²) in [5.74, 6) is -2.09. The Morgan fingerprint density at radius 1 is 1.19 bits per heavy atom. The molecular formula is C19H22F3N5O3S. The fraction of sp³-hybridized carbons (Fsp3) is 0.474. The Kier molecular flexibility index (Phi) is 6.77. The first-order chi connectivity index (χ1) is 14.5. The molecular weight excluding hydrogens is 435 g/mol.